The Bertz CT molecular complexity index is 1470. The average molecular weight is 533 g/mol. The van der Waals surface area contributed by atoms with Crippen LogP contribution in [0.5, 0.6) is 0 Å². The SMILES string of the molecule is Cc1cc(C(C#N)c2ccc(Cl)cc2)c(Cl)cc1Nc1ncnc(NC(C)c2ccccc2)c1[N+](=O)[O-]. The fourth-order valence-electron chi connectivity index (χ4n) is 3.95. The molecule has 0 amide bonds. The van der Waals surface area contributed by atoms with Gasteiger partial charge in [-0.3, -0.25) is 10.1 Å². The van der Waals surface area contributed by atoms with Crippen molar-refractivity contribution in [2.45, 2.75) is 25.8 Å². The van der Waals surface area contributed by atoms with Crippen molar-refractivity contribution < 1.29 is 4.92 Å². The van der Waals surface area contributed by atoms with Crippen molar-refractivity contribution >= 4 is 46.2 Å². The molecule has 2 unspecified atom stereocenters. The Balaban J connectivity index is 1.66. The van der Waals surface area contributed by atoms with E-state index in [1.807, 2.05) is 44.2 Å². The number of rotatable bonds is 8. The van der Waals surface area contributed by atoms with E-state index >= 15 is 0 Å². The Morgan fingerprint density at radius 2 is 1.68 bits per heavy atom. The predicted molar refractivity (Wildman–Crippen MR) is 146 cm³/mol. The van der Waals surface area contributed by atoms with Crippen molar-refractivity contribution in [3.63, 3.8) is 0 Å². The molecular formula is C27H22Cl2N6O2. The molecule has 1 aromatic heterocycles. The summed E-state index contributed by atoms with van der Waals surface area (Å²) in [5.41, 5.74) is 3.28. The number of nitrogens with zero attached hydrogens (tertiary/aromatic N) is 4. The third kappa shape index (κ3) is 5.80. The highest BCUT2D eigenvalue weighted by Crippen LogP contribution is 2.38. The first-order valence-corrected chi connectivity index (χ1v) is 12.1. The van der Waals surface area contributed by atoms with E-state index < -0.39 is 10.8 Å². The minimum Gasteiger partial charge on any atom is -0.358 e. The third-order valence-corrected chi connectivity index (χ3v) is 6.48. The first-order chi connectivity index (χ1) is 17.8. The van der Waals surface area contributed by atoms with Crippen LogP contribution in [0.25, 0.3) is 0 Å². The fraction of sp³-hybridized carbons (Fsp3) is 0.148. The molecule has 0 aliphatic rings. The smallest absolute Gasteiger partial charge is 0.353 e. The van der Waals surface area contributed by atoms with Crippen molar-refractivity contribution in [3.05, 3.63) is 115 Å². The van der Waals surface area contributed by atoms with Gasteiger partial charge in [0.15, 0.2) is 0 Å². The van der Waals surface area contributed by atoms with Gasteiger partial charge in [-0.1, -0.05) is 71.7 Å². The Kier molecular flexibility index (Phi) is 7.87. The summed E-state index contributed by atoms with van der Waals surface area (Å²) in [5, 5.41) is 28.9. The maximum Gasteiger partial charge on any atom is 0.353 e. The van der Waals surface area contributed by atoms with Gasteiger partial charge in [0, 0.05) is 15.7 Å². The standard InChI is InChI=1S/C27H22Cl2N6O2/c1-16-12-21(22(14-30)19-8-10-20(28)11-9-19)23(29)13-24(16)34-27-25(35(36)37)26(31-15-32-27)33-17(2)18-6-4-3-5-7-18/h3-13,15,17,22H,1-2H3,(H2,31,32,33,34). The number of aryl methyl sites for hydroxylation is 1. The summed E-state index contributed by atoms with van der Waals surface area (Å²) in [7, 11) is 0. The number of anilines is 3. The number of hydrogen-bond acceptors (Lipinski definition) is 7. The van der Waals surface area contributed by atoms with Crippen LogP contribution in [0, 0.1) is 28.4 Å². The first kappa shape index (κ1) is 25.9. The second kappa shape index (κ2) is 11.2. The zero-order valence-electron chi connectivity index (χ0n) is 19.9. The molecular weight excluding hydrogens is 511 g/mol. The molecule has 0 bridgehead atoms. The lowest BCUT2D eigenvalue weighted by molar-refractivity contribution is -0.383. The number of nitriles is 1. The van der Waals surface area contributed by atoms with Crippen LogP contribution in [0.2, 0.25) is 10.0 Å². The van der Waals surface area contributed by atoms with Crippen molar-refractivity contribution in [2.75, 3.05) is 10.6 Å². The maximum absolute atomic E-state index is 12.0. The molecule has 3 aromatic carbocycles. The van der Waals surface area contributed by atoms with Gasteiger partial charge < -0.3 is 10.6 Å². The van der Waals surface area contributed by atoms with Gasteiger partial charge in [-0.25, -0.2) is 9.97 Å². The Labute approximate surface area is 224 Å². The van der Waals surface area contributed by atoms with Crippen molar-refractivity contribution in [1.29, 1.82) is 5.26 Å². The zero-order valence-corrected chi connectivity index (χ0v) is 21.5. The molecule has 0 radical (unpaired) electrons. The van der Waals surface area contributed by atoms with Gasteiger partial charge in [-0.2, -0.15) is 5.26 Å². The van der Waals surface area contributed by atoms with Crippen molar-refractivity contribution in [3.8, 4) is 6.07 Å². The van der Waals surface area contributed by atoms with E-state index in [4.69, 9.17) is 23.2 Å². The molecule has 8 nitrogen and oxygen atoms in total. The van der Waals surface area contributed by atoms with Crippen molar-refractivity contribution in [2.24, 2.45) is 0 Å². The second-order valence-electron chi connectivity index (χ2n) is 8.38. The van der Waals surface area contributed by atoms with Crippen LogP contribution in [0.4, 0.5) is 23.0 Å². The van der Waals surface area contributed by atoms with E-state index in [1.165, 1.54) is 6.33 Å². The van der Waals surface area contributed by atoms with E-state index in [-0.39, 0.29) is 23.4 Å². The number of nitrogens with one attached hydrogen (secondary N) is 2. The van der Waals surface area contributed by atoms with E-state index in [0.29, 0.717) is 21.3 Å². The van der Waals surface area contributed by atoms with Gasteiger partial charge in [0.25, 0.3) is 0 Å². The van der Waals surface area contributed by atoms with Gasteiger partial charge in [0.1, 0.15) is 6.33 Å². The summed E-state index contributed by atoms with van der Waals surface area (Å²) < 4.78 is 0. The lowest BCUT2D eigenvalue weighted by Gasteiger charge is -2.18. The summed E-state index contributed by atoms with van der Waals surface area (Å²) in [6.45, 7) is 3.71. The number of nitro groups is 1. The predicted octanol–water partition coefficient (Wildman–Crippen LogP) is 7.57. The van der Waals surface area contributed by atoms with Gasteiger partial charge in [-0.05, 0) is 54.3 Å². The number of halogens is 2. The average Bonchev–Trinajstić information content (AvgIpc) is 2.88. The molecule has 4 aromatic rings. The zero-order chi connectivity index (χ0) is 26.5. The van der Waals surface area contributed by atoms with E-state index in [9.17, 15) is 15.4 Å². The molecule has 10 heteroatoms. The highest BCUT2D eigenvalue weighted by Gasteiger charge is 2.26. The maximum atomic E-state index is 12.0. The normalized spacial score (nSPS) is 12.3. The van der Waals surface area contributed by atoms with Crippen LogP contribution in [-0.2, 0) is 0 Å². The lowest BCUT2D eigenvalue weighted by Crippen LogP contribution is -2.12. The van der Waals surface area contributed by atoms with E-state index in [1.54, 1.807) is 36.4 Å². The molecule has 1 heterocycles. The Morgan fingerprint density at radius 3 is 2.32 bits per heavy atom. The molecule has 4 rings (SSSR count). The lowest BCUT2D eigenvalue weighted by atomic mass is 9.91. The largest absolute Gasteiger partial charge is 0.358 e. The highest BCUT2D eigenvalue weighted by atomic mass is 35.5. The molecule has 0 saturated carbocycles. The second-order valence-corrected chi connectivity index (χ2v) is 9.22. The molecule has 186 valence electrons. The van der Waals surface area contributed by atoms with Gasteiger partial charge in [0.05, 0.1) is 23.0 Å². The van der Waals surface area contributed by atoms with E-state index in [0.717, 1.165) is 16.7 Å². The Hall–Kier alpha value is -4.19. The molecule has 0 fully saturated rings. The molecule has 2 atom stereocenters. The molecule has 0 saturated heterocycles. The fourth-order valence-corrected chi connectivity index (χ4v) is 4.34. The Morgan fingerprint density at radius 1 is 1.00 bits per heavy atom. The summed E-state index contributed by atoms with van der Waals surface area (Å²) >= 11 is 12.6. The van der Waals surface area contributed by atoms with Crippen LogP contribution < -0.4 is 10.6 Å². The molecule has 0 aliphatic carbocycles. The highest BCUT2D eigenvalue weighted by molar-refractivity contribution is 6.32. The minimum absolute atomic E-state index is 0.0178. The number of benzene rings is 3. The quantitative estimate of drug-likeness (QED) is 0.177. The molecule has 37 heavy (non-hydrogen) atoms. The molecule has 0 spiro atoms. The summed E-state index contributed by atoms with van der Waals surface area (Å²) in [5.74, 6) is -0.503. The summed E-state index contributed by atoms with van der Waals surface area (Å²) in [6.07, 6.45) is 1.26. The van der Waals surface area contributed by atoms with Crippen LogP contribution in [0.1, 0.15) is 41.1 Å². The van der Waals surface area contributed by atoms with Crippen LogP contribution in [-0.4, -0.2) is 14.9 Å². The van der Waals surface area contributed by atoms with Crippen LogP contribution >= 0.6 is 23.2 Å². The van der Waals surface area contributed by atoms with Crippen LogP contribution in [0.15, 0.2) is 73.1 Å². The molecule has 0 aliphatic heterocycles. The number of aromatic nitrogens is 2. The van der Waals surface area contributed by atoms with Gasteiger partial charge in [-0.15, -0.1) is 0 Å². The minimum atomic E-state index is -0.610. The van der Waals surface area contributed by atoms with Crippen molar-refractivity contribution in [1.82, 2.24) is 9.97 Å². The monoisotopic (exact) mass is 532 g/mol. The summed E-state index contributed by atoms with van der Waals surface area (Å²) in [4.78, 5) is 19.8. The topological polar surface area (TPSA) is 117 Å². The first-order valence-electron chi connectivity index (χ1n) is 11.3. The van der Waals surface area contributed by atoms with Gasteiger partial charge in [0.2, 0.25) is 11.6 Å². The third-order valence-electron chi connectivity index (χ3n) is 5.90. The van der Waals surface area contributed by atoms with Gasteiger partial charge >= 0.3 is 5.69 Å². The van der Waals surface area contributed by atoms with E-state index in [2.05, 4.69) is 26.7 Å². The summed E-state index contributed by atoms with van der Waals surface area (Å²) in [6, 6.07) is 22.0. The number of hydrogen-bond donors (Lipinski definition) is 2. The van der Waals surface area contributed by atoms with Crippen LogP contribution in [0.3, 0.4) is 0 Å². The molecule has 2 N–H and O–H groups in total.